The second-order valence-corrected chi connectivity index (χ2v) is 6.70. The lowest BCUT2D eigenvalue weighted by Gasteiger charge is -2.07. The number of rotatable bonds is 3. The summed E-state index contributed by atoms with van der Waals surface area (Å²) in [6.45, 7) is 7.47. The van der Waals surface area contributed by atoms with Gasteiger partial charge >= 0.3 is 5.69 Å². The molecule has 0 amide bonds. The number of fused-ring (bicyclic) bond motifs is 3. The van der Waals surface area contributed by atoms with Crippen LogP contribution in [-0.4, -0.2) is 23.1 Å². The van der Waals surface area contributed by atoms with E-state index in [1.807, 2.05) is 0 Å². The van der Waals surface area contributed by atoms with Crippen LogP contribution in [0.2, 0.25) is 0 Å². The van der Waals surface area contributed by atoms with Crippen LogP contribution in [0.1, 0.15) is 12.6 Å². The number of hydrogen-bond donors (Lipinski definition) is 0. The molecule has 0 N–H and O–H groups in total. The van der Waals surface area contributed by atoms with Crippen molar-refractivity contribution in [2.75, 3.05) is 0 Å². The van der Waals surface area contributed by atoms with Crippen LogP contribution in [0.25, 0.3) is 22.6 Å². The molecule has 8 heteroatoms. The van der Waals surface area contributed by atoms with Gasteiger partial charge in [-0.15, -0.1) is 0 Å². The fraction of sp³-hybridized carbons (Fsp3) is 0.211. The van der Waals surface area contributed by atoms with Gasteiger partial charge in [0.15, 0.2) is 11.2 Å². The van der Waals surface area contributed by atoms with Crippen molar-refractivity contribution >= 4 is 16.9 Å². The second kappa shape index (κ2) is 5.80. The Bertz CT molecular complexity index is 1350. The molecular weight excluding hydrogens is 349 g/mol. The number of aromatic nitrogens is 5. The molecule has 0 unspecified atom stereocenters. The first-order valence-corrected chi connectivity index (χ1v) is 8.40. The number of benzene rings is 1. The zero-order valence-electron chi connectivity index (χ0n) is 15.2. The zero-order valence-corrected chi connectivity index (χ0v) is 15.2. The maximum atomic E-state index is 14.4. The highest BCUT2D eigenvalue weighted by Gasteiger charge is 2.21. The van der Waals surface area contributed by atoms with Crippen molar-refractivity contribution in [2.45, 2.75) is 20.4 Å². The molecule has 27 heavy (non-hydrogen) atoms. The second-order valence-electron chi connectivity index (χ2n) is 6.70. The van der Waals surface area contributed by atoms with E-state index in [0.717, 1.165) is 4.57 Å². The Morgan fingerprint density at radius 2 is 1.96 bits per heavy atom. The summed E-state index contributed by atoms with van der Waals surface area (Å²) in [4.78, 5) is 30.1. The van der Waals surface area contributed by atoms with E-state index in [1.165, 1.54) is 10.6 Å². The van der Waals surface area contributed by atoms with Crippen LogP contribution in [0.4, 0.5) is 4.39 Å². The lowest BCUT2D eigenvalue weighted by Crippen LogP contribution is -2.39. The van der Waals surface area contributed by atoms with E-state index < -0.39 is 17.1 Å². The van der Waals surface area contributed by atoms with Crippen molar-refractivity contribution in [3.8, 4) is 5.69 Å². The normalized spacial score (nSPS) is 11.6. The number of halogens is 1. The third-order valence-corrected chi connectivity index (χ3v) is 4.55. The van der Waals surface area contributed by atoms with Crippen molar-refractivity contribution in [2.24, 2.45) is 7.05 Å². The van der Waals surface area contributed by atoms with E-state index >= 15 is 0 Å². The van der Waals surface area contributed by atoms with Crippen molar-refractivity contribution < 1.29 is 4.39 Å². The van der Waals surface area contributed by atoms with E-state index in [2.05, 4.69) is 11.6 Å². The van der Waals surface area contributed by atoms with Crippen LogP contribution in [0.3, 0.4) is 0 Å². The molecule has 138 valence electrons. The minimum atomic E-state index is -0.467. The zero-order chi connectivity index (χ0) is 19.5. The predicted molar refractivity (Wildman–Crippen MR) is 101 cm³/mol. The van der Waals surface area contributed by atoms with Gasteiger partial charge in [0, 0.05) is 18.9 Å². The predicted octanol–water partition coefficient (Wildman–Crippen LogP) is 2.16. The summed E-state index contributed by atoms with van der Waals surface area (Å²) >= 11 is 0. The molecule has 0 radical (unpaired) electrons. The molecule has 0 fully saturated rings. The van der Waals surface area contributed by atoms with Crippen LogP contribution < -0.4 is 11.2 Å². The highest BCUT2D eigenvalue weighted by Crippen LogP contribution is 2.22. The summed E-state index contributed by atoms with van der Waals surface area (Å²) in [6.07, 6.45) is 1.72. The third-order valence-electron chi connectivity index (χ3n) is 4.55. The number of nitrogens with zero attached hydrogens (tertiary/aromatic N) is 5. The fourth-order valence-corrected chi connectivity index (χ4v) is 3.35. The van der Waals surface area contributed by atoms with Crippen molar-refractivity contribution in [3.63, 3.8) is 0 Å². The molecule has 0 aliphatic heterocycles. The van der Waals surface area contributed by atoms with Crippen LogP contribution in [0.15, 0.2) is 52.2 Å². The smallest absolute Gasteiger partial charge is 0.280 e. The van der Waals surface area contributed by atoms with Gasteiger partial charge in [0.2, 0.25) is 5.78 Å². The van der Waals surface area contributed by atoms with E-state index in [0.29, 0.717) is 22.7 Å². The Morgan fingerprint density at radius 3 is 2.63 bits per heavy atom. The quantitative estimate of drug-likeness (QED) is 0.521. The van der Waals surface area contributed by atoms with Crippen molar-refractivity contribution in [3.05, 3.63) is 75.0 Å². The molecule has 4 aromatic rings. The van der Waals surface area contributed by atoms with Gasteiger partial charge in [-0.25, -0.2) is 9.18 Å². The van der Waals surface area contributed by atoms with E-state index in [4.69, 9.17) is 0 Å². The average molecular weight is 367 g/mol. The monoisotopic (exact) mass is 367 g/mol. The maximum absolute atomic E-state index is 14.4. The molecule has 0 bridgehead atoms. The third kappa shape index (κ3) is 2.37. The van der Waals surface area contributed by atoms with Crippen LogP contribution >= 0.6 is 0 Å². The Balaban J connectivity index is 2.16. The minimum Gasteiger partial charge on any atom is -0.280 e. The first-order chi connectivity index (χ1) is 12.8. The Kier molecular flexibility index (Phi) is 3.66. The first kappa shape index (κ1) is 17.0. The number of imidazole rings is 2. The molecule has 0 saturated carbocycles. The molecule has 0 aliphatic carbocycles. The SMILES string of the molecule is C=C(C)Cn1c(=O)c2c(nc3n(-c4ccccc4F)c(C)cn23)n(C)c1=O. The Labute approximate surface area is 153 Å². The summed E-state index contributed by atoms with van der Waals surface area (Å²) in [5.41, 5.74) is 1.33. The van der Waals surface area contributed by atoms with Gasteiger partial charge in [-0.05, 0) is 26.0 Å². The van der Waals surface area contributed by atoms with Gasteiger partial charge in [0.25, 0.3) is 5.56 Å². The van der Waals surface area contributed by atoms with E-state index in [1.54, 1.807) is 54.3 Å². The Morgan fingerprint density at radius 1 is 1.26 bits per heavy atom. The van der Waals surface area contributed by atoms with Crippen LogP contribution in [0.5, 0.6) is 0 Å². The van der Waals surface area contributed by atoms with Crippen molar-refractivity contribution in [1.29, 1.82) is 0 Å². The van der Waals surface area contributed by atoms with Gasteiger partial charge in [-0.3, -0.25) is 22.9 Å². The highest BCUT2D eigenvalue weighted by atomic mass is 19.1. The standard InChI is InChI=1S/C19H18FN5O2/c1-11(2)9-24-17(26)15-16(22(4)19(24)27)21-18-23(15)10-12(3)25(18)14-8-6-5-7-13(14)20/h5-8,10H,1,9H2,2-4H3. The fourth-order valence-electron chi connectivity index (χ4n) is 3.35. The van der Waals surface area contributed by atoms with Gasteiger partial charge in [0.1, 0.15) is 5.82 Å². The first-order valence-electron chi connectivity index (χ1n) is 8.40. The van der Waals surface area contributed by atoms with Crippen LogP contribution in [-0.2, 0) is 13.6 Å². The molecule has 0 atom stereocenters. The number of aryl methyl sites for hydroxylation is 2. The summed E-state index contributed by atoms with van der Waals surface area (Å²) in [5, 5.41) is 0. The molecule has 0 spiro atoms. The maximum Gasteiger partial charge on any atom is 0.332 e. The summed E-state index contributed by atoms with van der Waals surface area (Å²) < 4.78 is 20.1. The van der Waals surface area contributed by atoms with Gasteiger partial charge < -0.3 is 0 Å². The summed E-state index contributed by atoms with van der Waals surface area (Å²) in [7, 11) is 1.56. The largest absolute Gasteiger partial charge is 0.332 e. The Hall–Kier alpha value is -3.42. The topological polar surface area (TPSA) is 66.2 Å². The van der Waals surface area contributed by atoms with Crippen molar-refractivity contribution in [1.82, 2.24) is 23.1 Å². The molecule has 4 rings (SSSR count). The van der Waals surface area contributed by atoms with Gasteiger partial charge in [-0.1, -0.05) is 24.3 Å². The van der Waals surface area contributed by atoms with Gasteiger partial charge in [0.05, 0.1) is 12.2 Å². The molecule has 0 aliphatic rings. The molecule has 0 saturated heterocycles. The molecule has 3 heterocycles. The van der Waals surface area contributed by atoms with E-state index in [-0.39, 0.29) is 17.7 Å². The number of allylic oxidation sites excluding steroid dienone is 1. The molecule has 7 nitrogen and oxygen atoms in total. The number of para-hydroxylation sites is 1. The van der Waals surface area contributed by atoms with Crippen LogP contribution in [0, 0.1) is 12.7 Å². The minimum absolute atomic E-state index is 0.127. The molecule has 1 aromatic carbocycles. The highest BCUT2D eigenvalue weighted by molar-refractivity contribution is 5.76. The summed E-state index contributed by atoms with van der Waals surface area (Å²) in [6, 6.07) is 6.34. The lowest BCUT2D eigenvalue weighted by atomic mass is 10.3. The molecule has 3 aromatic heterocycles. The lowest BCUT2D eigenvalue weighted by molar-refractivity contribution is 0.618. The summed E-state index contributed by atoms with van der Waals surface area (Å²) in [5.74, 6) is -0.0351. The van der Waals surface area contributed by atoms with E-state index in [9.17, 15) is 14.0 Å². The molecular formula is C19H18FN5O2. The average Bonchev–Trinajstić information content (AvgIpc) is 3.12. The van der Waals surface area contributed by atoms with Gasteiger partial charge in [-0.2, -0.15) is 4.98 Å². The number of hydrogen-bond acceptors (Lipinski definition) is 3.